The van der Waals surface area contributed by atoms with Gasteiger partial charge in [0.25, 0.3) is 0 Å². The topological polar surface area (TPSA) is 110 Å². The van der Waals surface area contributed by atoms with Crippen molar-refractivity contribution in [2.45, 2.75) is 44.4 Å². The van der Waals surface area contributed by atoms with E-state index in [1.54, 1.807) is 12.1 Å². The molecule has 1 saturated carbocycles. The van der Waals surface area contributed by atoms with Crippen molar-refractivity contribution in [1.29, 1.82) is 0 Å². The highest BCUT2D eigenvalue weighted by Crippen LogP contribution is 2.31. The summed E-state index contributed by atoms with van der Waals surface area (Å²) in [5.41, 5.74) is 1.41. The summed E-state index contributed by atoms with van der Waals surface area (Å²) in [6.45, 7) is 0. The second-order valence-corrected chi connectivity index (χ2v) is 5.47. The Hall–Kier alpha value is -0.850. The number of phenolic OH excluding ortho intramolecular Hbond substituents is 1. The van der Waals surface area contributed by atoms with Crippen molar-refractivity contribution in [3.63, 3.8) is 0 Å². The third kappa shape index (κ3) is 8.02. The fourth-order valence-electron chi connectivity index (χ4n) is 2.36. The lowest BCUT2D eigenvalue weighted by atomic mass is 9.92. The van der Waals surface area contributed by atoms with Gasteiger partial charge in [0.2, 0.25) is 0 Å². The maximum atomic E-state index is 9.21. The smallest absolute Gasteiger partial charge is 0.115 e. The minimum atomic E-state index is -4.69. The van der Waals surface area contributed by atoms with Crippen molar-refractivity contribution in [1.82, 2.24) is 0 Å². The molecule has 0 amide bonds. The summed E-state index contributed by atoms with van der Waals surface area (Å²) in [7, 11) is -4.69. The molecule has 0 spiro atoms. The van der Waals surface area contributed by atoms with E-state index >= 15 is 0 Å². The van der Waals surface area contributed by atoms with Gasteiger partial charge in [-0.1, -0.05) is 37.8 Å². The van der Waals surface area contributed by atoms with Crippen LogP contribution in [-0.2, 0) is 0 Å². The average Bonchev–Trinajstić information content (AvgIpc) is 2.56. The molecule has 0 heterocycles. The van der Waals surface area contributed by atoms with Crippen LogP contribution < -0.4 is 14.0 Å². The SMILES string of the molecule is Oc1ccc(C2CCCCCC2)cc1.[O-][Cl+3]([O-])([O-])O. The second kappa shape index (κ2) is 7.67. The molecule has 19 heavy (non-hydrogen) atoms. The molecular weight excluding hydrogens is 272 g/mol. The van der Waals surface area contributed by atoms with Gasteiger partial charge in [-0.05, 0) is 36.5 Å². The maximum absolute atomic E-state index is 9.21. The Morgan fingerprint density at radius 2 is 1.32 bits per heavy atom. The van der Waals surface area contributed by atoms with E-state index in [0.717, 1.165) is 5.92 Å². The van der Waals surface area contributed by atoms with Crippen molar-refractivity contribution in [2.24, 2.45) is 0 Å². The van der Waals surface area contributed by atoms with Crippen LogP contribution in [0.15, 0.2) is 24.3 Å². The summed E-state index contributed by atoms with van der Waals surface area (Å²) in [6, 6.07) is 7.76. The zero-order chi connectivity index (χ0) is 14.3. The van der Waals surface area contributed by atoms with Crippen LogP contribution >= 0.6 is 0 Å². The molecule has 1 aliphatic carbocycles. The Morgan fingerprint density at radius 1 is 0.895 bits per heavy atom. The van der Waals surface area contributed by atoms with E-state index in [1.165, 1.54) is 44.1 Å². The molecule has 0 aliphatic heterocycles. The summed E-state index contributed by atoms with van der Waals surface area (Å²) in [5.74, 6) is 1.11. The molecule has 2 N–H and O–H groups in total. The molecule has 1 aromatic rings. The summed E-state index contributed by atoms with van der Waals surface area (Å²) in [5, 5.41) is 9.21. The normalized spacial score (nSPS) is 17.3. The van der Waals surface area contributed by atoms with Gasteiger partial charge < -0.3 is 5.11 Å². The second-order valence-electron chi connectivity index (χ2n) is 4.68. The number of rotatable bonds is 1. The fourth-order valence-corrected chi connectivity index (χ4v) is 2.36. The first-order valence-electron chi connectivity index (χ1n) is 6.28. The minimum Gasteiger partial charge on any atom is -0.508 e. The number of hydrogen-bond donors (Lipinski definition) is 2. The molecule has 0 radical (unpaired) electrons. The Kier molecular flexibility index (Phi) is 6.54. The van der Waals surface area contributed by atoms with Gasteiger partial charge in [-0.15, -0.1) is 0 Å². The molecule has 1 fully saturated rings. The van der Waals surface area contributed by atoms with Crippen molar-refractivity contribution in [2.75, 3.05) is 0 Å². The van der Waals surface area contributed by atoms with Gasteiger partial charge in [0.1, 0.15) is 5.75 Å². The van der Waals surface area contributed by atoms with Crippen LogP contribution in [0.25, 0.3) is 0 Å². The van der Waals surface area contributed by atoms with Crippen molar-refractivity contribution in [3.05, 3.63) is 29.8 Å². The quantitative estimate of drug-likeness (QED) is 0.691. The van der Waals surface area contributed by atoms with Gasteiger partial charge in [0, 0.05) is 0 Å². The van der Waals surface area contributed by atoms with Crippen LogP contribution in [0.3, 0.4) is 0 Å². The van der Waals surface area contributed by atoms with Gasteiger partial charge in [0.05, 0.1) is 14.9 Å². The van der Waals surface area contributed by atoms with E-state index in [2.05, 4.69) is 12.1 Å². The van der Waals surface area contributed by atoms with E-state index in [0.29, 0.717) is 5.75 Å². The molecule has 1 aromatic carbocycles. The lowest BCUT2D eigenvalue weighted by molar-refractivity contribution is -1.92. The largest absolute Gasteiger partial charge is 0.508 e. The van der Waals surface area contributed by atoms with Gasteiger partial charge in [-0.25, -0.2) is 0 Å². The molecule has 0 unspecified atom stereocenters. The van der Waals surface area contributed by atoms with Crippen LogP contribution in [0, 0.1) is 10.2 Å². The zero-order valence-corrected chi connectivity index (χ0v) is 11.4. The van der Waals surface area contributed by atoms with Crippen LogP contribution in [0.5, 0.6) is 5.75 Å². The van der Waals surface area contributed by atoms with Crippen molar-refractivity contribution in [3.8, 4) is 5.75 Å². The first kappa shape index (κ1) is 16.2. The van der Waals surface area contributed by atoms with E-state index in [4.69, 9.17) is 18.6 Å². The fraction of sp³-hybridized carbons (Fsp3) is 0.538. The molecule has 0 bridgehead atoms. The monoisotopic (exact) mass is 290 g/mol. The lowest BCUT2D eigenvalue weighted by Crippen LogP contribution is -2.58. The molecular formula is C13H19ClO5. The Labute approximate surface area is 114 Å². The van der Waals surface area contributed by atoms with Gasteiger partial charge >= 0.3 is 0 Å². The predicted octanol–water partition coefficient (Wildman–Crippen LogP) is -0.294. The number of benzene rings is 1. The number of phenols is 1. The van der Waals surface area contributed by atoms with Crippen LogP contribution in [0.2, 0.25) is 0 Å². The first-order chi connectivity index (χ1) is 8.86. The van der Waals surface area contributed by atoms with E-state index in [9.17, 15) is 5.11 Å². The van der Waals surface area contributed by atoms with Crippen LogP contribution in [0.1, 0.15) is 50.0 Å². The van der Waals surface area contributed by atoms with Gasteiger partial charge in [-0.3, -0.25) is 0 Å². The van der Waals surface area contributed by atoms with Crippen LogP contribution in [0.4, 0.5) is 0 Å². The Morgan fingerprint density at radius 3 is 1.74 bits per heavy atom. The number of halogens is 1. The lowest BCUT2D eigenvalue weighted by Gasteiger charge is -2.13. The van der Waals surface area contributed by atoms with E-state index < -0.39 is 10.2 Å². The molecule has 108 valence electrons. The van der Waals surface area contributed by atoms with Crippen molar-refractivity contribution >= 4 is 0 Å². The molecule has 5 nitrogen and oxygen atoms in total. The minimum absolute atomic E-state index is 0.377. The summed E-state index contributed by atoms with van der Waals surface area (Å²) in [6.07, 6.45) is 8.18. The first-order valence-corrected chi connectivity index (χ1v) is 7.55. The summed E-state index contributed by atoms with van der Waals surface area (Å²) < 4.78 is 32.7. The number of aromatic hydroxyl groups is 1. The highest BCUT2D eigenvalue weighted by molar-refractivity contribution is 5.28. The Bertz CT molecular complexity index is 346. The summed E-state index contributed by atoms with van der Waals surface area (Å²) >= 11 is 0. The maximum Gasteiger partial charge on any atom is 0.115 e. The third-order valence-corrected chi connectivity index (χ3v) is 3.22. The molecule has 0 saturated heterocycles. The van der Waals surface area contributed by atoms with Gasteiger partial charge in [0.15, 0.2) is 0 Å². The van der Waals surface area contributed by atoms with E-state index in [1.807, 2.05) is 0 Å². The molecule has 2 rings (SSSR count). The third-order valence-electron chi connectivity index (χ3n) is 3.22. The average molecular weight is 291 g/mol. The summed E-state index contributed by atoms with van der Waals surface area (Å²) in [4.78, 5) is 0. The van der Waals surface area contributed by atoms with Gasteiger partial charge in [-0.2, -0.15) is 14.0 Å². The highest BCUT2D eigenvalue weighted by Gasteiger charge is 2.13. The van der Waals surface area contributed by atoms with E-state index in [-0.39, 0.29) is 0 Å². The molecule has 1 aliphatic rings. The Balaban J connectivity index is 0.000000312. The standard InChI is InChI=1S/C13H18O.ClHO4/c14-13-9-7-12(8-10-13)11-5-3-1-2-4-6-11;2-1(3,4)5/h7-11,14H,1-6H2;(H,2,3,4,5). The van der Waals surface area contributed by atoms with Crippen molar-refractivity contribution < 1.29 is 34.0 Å². The highest BCUT2D eigenvalue weighted by atomic mass is 35.7. The molecule has 6 heteroatoms. The molecule has 0 aromatic heterocycles. The zero-order valence-electron chi connectivity index (χ0n) is 10.6. The number of hydrogen-bond acceptors (Lipinski definition) is 5. The van der Waals surface area contributed by atoms with Crippen LogP contribution in [-0.4, -0.2) is 9.77 Å². The predicted molar refractivity (Wildman–Crippen MR) is 60.8 cm³/mol. The molecule has 0 atom stereocenters.